The van der Waals surface area contributed by atoms with Crippen molar-refractivity contribution in [1.82, 2.24) is 0 Å². The first-order chi connectivity index (χ1) is 6.07. The summed E-state index contributed by atoms with van der Waals surface area (Å²) in [7, 11) is 0. The molecule has 1 rings (SSSR count). The molecule has 0 aromatic heterocycles. The van der Waals surface area contributed by atoms with Crippen molar-refractivity contribution in [3.63, 3.8) is 0 Å². The van der Waals surface area contributed by atoms with E-state index in [-0.39, 0.29) is 23.1 Å². The van der Waals surface area contributed by atoms with Crippen LogP contribution in [0.3, 0.4) is 0 Å². The number of phenolic OH excluding ortho intramolecular Hbond substituents is 2. The Hall–Kier alpha value is -0.930. The second-order valence-electron chi connectivity index (χ2n) is 2.83. The first-order valence-corrected chi connectivity index (χ1v) is 4.26. The second-order valence-corrected chi connectivity index (χ2v) is 3.21. The van der Waals surface area contributed by atoms with Crippen molar-refractivity contribution in [3.05, 3.63) is 22.2 Å². The Labute approximate surface area is 81.2 Å². The van der Waals surface area contributed by atoms with Crippen LogP contribution in [0.5, 0.6) is 11.5 Å². The van der Waals surface area contributed by atoms with Gasteiger partial charge in [-0.2, -0.15) is 0 Å². The van der Waals surface area contributed by atoms with E-state index >= 15 is 0 Å². The lowest BCUT2D eigenvalue weighted by atomic mass is 10.0. The van der Waals surface area contributed by atoms with Gasteiger partial charge in [-0.3, -0.25) is 0 Å². The third-order valence-corrected chi connectivity index (χ3v) is 2.31. The number of aromatic hydroxyl groups is 2. The third kappa shape index (κ3) is 1.87. The summed E-state index contributed by atoms with van der Waals surface area (Å²) in [6.07, 6.45) is 0.374. The average Bonchev–Trinajstić information content (AvgIpc) is 2.09. The van der Waals surface area contributed by atoms with Gasteiger partial charge in [0.2, 0.25) is 0 Å². The van der Waals surface area contributed by atoms with Crippen LogP contribution in [0.1, 0.15) is 11.1 Å². The summed E-state index contributed by atoms with van der Waals surface area (Å²) in [4.78, 5) is 0. The average molecular weight is 203 g/mol. The van der Waals surface area contributed by atoms with Crippen molar-refractivity contribution in [3.8, 4) is 11.5 Å². The molecule has 1 aromatic carbocycles. The van der Waals surface area contributed by atoms with Gasteiger partial charge in [0, 0.05) is 6.61 Å². The number of hydrogen-bond acceptors (Lipinski definition) is 3. The van der Waals surface area contributed by atoms with Crippen molar-refractivity contribution < 1.29 is 15.3 Å². The van der Waals surface area contributed by atoms with Crippen molar-refractivity contribution in [2.45, 2.75) is 13.3 Å². The topological polar surface area (TPSA) is 60.7 Å². The van der Waals surface area contributed by atoms with Gasteiger partial charge >= 0.3 is 0 Å². The first-order valence-electron chi connectivity index (χ1n) is 3.88. The Morgan fingerprint density at radius 1 is 1.38 bits per heavy atom. The zero-order chi connectivity index (χ0) is 10.0. The molecule has 0 bridgehead atoms. The van der Waals surface area contributed by atoms with E-state index in [1.807, 2.05) is 0 Å². The van der Waals surface area contributed by atoms with E-state index in [1.165, 1.54) is 6.07 Å². The van der Waals surface area contributed by atoms with Crippen molar-refractivity contribution >= 4 is 11.6 Å². The van der Waals surface area contributed by atoms with Crippen LogP contribution in [0.15, 0.2) is 6.07 Å². The highest BCUT2D eigenvalue weighted by molar-refractivity contribution is 6.33. The molecule has 0 saturated carbocycles. The molecule has 0 unspecified atom stereocenters. The molecule has 13 heavy (non-hydrogen) atoms. The van der Waals surface area contributed by atoms with Gasteiger partial charge in [0.25, 0.3) is 0 Å². The molecule has 4 heteroatoms. The summed E-state index contributed by atoms with van der Waals surface area (Å²) >= 11 is 5.76. The molecule has 0 amide bonds. The highest BCUT2D eigenvalue weighted by atomic mass is 35.5. The monoisotopic (exact) mass is 202 g/mol. The molecule has 3 nitrogen and oxygen atoms in total. The molecule has 0 spiro atoms. The third-order valence-electron chi connectivity index (χ3n) is 1.91. The van der Waals surface area contributed by atoms with E-state index in [0.29, 0.717) is 12.0 Å². The van der Waals surface area contributed by atoms with E-state index in [9.17, 15) is 10.2 Å². The SMILES string of the molecule is Cc1cc(O)c(O)c(Cl)c1CCO. The van der Waals surface area contributed by atoms with Crippen LogP contribution in [0.25, 0.3) is 0 Å². The maximum Gasteiger partial charge on any atom is 0.176 e. The Balaban J connectivity index is 3.26. The predicted molar refractivity (Wildman–Crippen MR) is 50.3 cm³/mol. The summed E-state index contributed by atoms with van der Waals surface area (Å²) in [5, 5.41) is 27.3. The molecule has 0 aliphatic rings. The Bertz CT molecular complexity index is 323. The van der Waals surface area contributed by atoms with Crippen molar-refractivity contribution in [2.24, 2.45) is 0 Å². The molecule has 0 fully saturated rings. The van der Waals surface area contributed by atoms with E-state index < -0.39 is 0 Å². The maximum atomic E-state index is 9.27. The van der Waals surface area contributed by atoms with Crippen LogP contribution < -0.4 is 0 Å². The molecule has 0 aliphatic carbocycles. The molecule has 0 saturated heterocycles. The van der Waals surface area contributed by atoms with Crippen LogP contribution in [0.4, 0.5) is 0 Å². The first kappa shape index (κ1) is 10.2. The van der Waals surface area contributed by atoms with Gasteiger partial charge in [0.15, 0.2) is 11.5 Å². The van der Waals surface area contributed by atoms with Gasteiger partial charge in [0.1, 0.15) is 0 Å². The van der Waals surface area contributed by atoms with E-state index in [1.54, 1.807) is 6.92 Å². The standard InChI is InChI=1S/C9H11ClO3/c1-5-4-7(12)9(13)8(10)6(5)2-3-11/h4,11-13H,2-3H2,1H3. The number of hydrogen-bond donors (Lipinski definition) is 3. The van der Waals surface area contributed by atoms with Crippen molar-refractivity contribution in [1.29, 1.82) is 0 Å². The lowest BCUT2D eigenvalue weighted by Gasteiger charge is -2.09. The van der Waals surface area contributed by atoms with Gasteiger partial charge < -0.3 is 15.3 Å². The Morgan fingerprint density at radius 3 is 2.54 bits per heavy atom. The quantitative estimate of drug-likeness (QED) is 0.639. The zero-order valence-electron chi connectivity index (χ0n) is 7.21. The smallest absolute Gasteiger partial charge is 0.176 e. The van der Waals surface area contributed by atoms with E-state index in [4.69, 9.17) is 16.7 Å². The number of phenols is 2. The molecular formula is C9H11ClO3. The maximum absolute atomic E-state index is 9.27. The molecule has 0 aliphatic heterocycles. The van der Waals surface area contributed by atoms with Crippen LogP contribution >= 0.6 is 11.6 Å². The molecule has 1 aromatic rings. The van der Waals surface area contributed by atoms with Crippen LogP contribution in [0.2, 0.25) is 5.02 Å². The number of aliphatic hydroxyl groups is 1. The van der Waals surface area contributed by atoms with Gasteiger partial charge in [0.05, 0.1) is 5.02 Å². The lowest BCUT2D eigenvalue weighted by Crippen LogP contribution is -1.95. The Kier molecular flexibility index (Phi) is 3.01. The number of halogens is 1. The number of rotatable bonds is 2. The molecule has 3 N–H and O–H groups in total. The number of benzene rings is 1. The van der Waals surface area contributed by atoms with Crippen LogP contribution in [-0.2, 0) is 6.42 Å². The van der Waals surface area contributed by atoms with Gasteiger partial charge in [-0.15, -0.1) is 0 Å². The largest absolute Gasteiger partial charge is 0.504 e. The van der Waals surface area contributed by atoms with Crippen LogP contribution in [0, 0.1) is 6.92 Å². The van der Waals surface area contributed by atoms with Crippen LogP contribution in [-0.4, -0.2) is 21.9 Å². The highest BCUT2D eigenvalue weighted by Gasteiger charge is 2.12. The van der Waals surface area contributed by atoms with Gasteiger partial charge in [-0.25, -0.2) is 0 Å². The number of aliphatic hydroxyl groups excluding tert-OH is 1. The van der Waals surface area contributed by atoms with Gasteiger partial charge in [-0.05, 0) is 30.5 Å². The lowest BCUT2D eigenvalue weighted by molar-refractivity contribution is 0.299. The van der Waals surface area contributed by atoms with E-state index in [2.05, 4.69) is 0 Å². The predicted octanol–water partition coefficient (Wildman–Crippen LogP) is 1.59. The van der Waals surface area contributed by atoms with E-state index in [0.717, 1.165) is 5.56 Å². The minimum atomic E-state index is -0.323. The molecule has 0 atom stereocenters. The summed E-state index contributed by atoms with van der Waals surface area (Å²) in [6.45, 7) is 1.72. The fraction of sp³-hybridized carbons (Fsp3) is 0.333. The molecule has 0 radical (unpaired) electrons. The highest BCUT2D eigenvalue weighted by Crippen LogP contribution is 2.37. The van der Waals surface area contributed by atoms with Gasteiger partial charge in [-0.1, -0.05) is 11.6 Å². The zero-order valence-corrected chi connectivity index (χ0v) is 7.97. The minimum absolute atomic E-state index is 0.0369. The fourth-order valence-electron chi connectivity index (χ4n) is 1.21. The fourth-order valence-corrected chi connectivity index (χ4v) is 1.55. The number of aryl methyl sites for hydroxylation is 1. The minimum Gasteiger partial charge on any atom is -0.504 e. The second kappa shape index (κ2) is 3.85. The molecule has 72 valence electrons. The molecular weight excluding hydrogens is 192 g/mol. The molecule has 0 heterocycles. The van der Waals surface area contributed by atoms with Crippen molar-refractivity contribution in [2.75, 3.05) is 6.61 Å². The normalized spacial score (nSPS) is 10.4. The summed E-state index contributed by atoms with van der Waals surface area (Å²) in [6, 6.07) is 1.42. The summed E-state index contributed by atoms with van der Waals surface area (Å²) in [5.41, 5.74) is 1.42. The summed E-state index contributed by atoms with van der Waals surface area (Å²) in [5.74, 6) is -0.556. The Morgan fingerprint density at radius 2 is 2.00 bits per heavy atom. The summed E-state index contributed by atoms with van der Waals surface area (Å²) < 4.78 is 0.